The summed E-state index contributed by atoms with van der Waals surface area (Å²) in [5.74, 6) is 2.34. The van der Waals surface area contributed by atoms with E-state index >= 15 is 0 Å². The first-order valence-electron chi connectivity index (χ1n) is 4.66. The van der Waals surface area contributed by atoms with Gasteiger partial charge in [-0.05, 0) is 30.5 Å². The SMILES string of the molecule is C#CCCC(N)Cc1ccc(F)cc1. The molecule has 0 saturated carbocycles. The van der Waals surface area contributed by atoms with E-state index in [1.54, 1.807) is 12.1 Å². The number of rotatable bonds is 4. The van der Waals surface area contributed by atoms with Gasteiger partial charge in [-0.15, -0.1) is 12.3 Å². The van der Waals surface area contributed by atoms with Gasteiger partial charge in [0.15, 0.2) is 0 Å². The lowest BCUT2D eigenvalue weighted by atomic mass is 10.0. The van der Waals surface area contributed by atoms with Crippen LogP contribution in [0, 0.1) is 18.2 Å². The number of benzene rings is 1. The summed E-state index contributed by atoms with van der Waals surface area (Å²) in [5, 5.41) is 0. The van der Waals surface area contributed by atoms with Crippen LogP contribution in [0.15, 0.2) is 24.3 Å². The number of hydrogen-bond donors (Lipinski definition) is 1. The van der Waals surface area contributed by atoms with Gasteiger partial charge in [-0.25, -0.2) is 4.39 Å². The lowest BCUT2D eigenvalue weighted by molar-refractivity contribution is 0.613. The molecule has 0 radical (unpaired) electrons. The van der Waals surface area contributed by atoms with Gasteiger partial charge in [0.1, 0.15) is 5.82 Å². The van der Waals surface area contributed by atoms with Crippen molar-refractivity contribution in [1.29, 1.82) is 0 Å². The van der Waals surface area contributed by atoms with Gasteiger partial charge in [-0.2, -0.15) is 0 Å². The standard InChI is InChI=1S/C12H14FN/c1-2-3-4-12(14)9-10-5-7-11(13)8-6-10/h1,5-8,12H,3-4,9,14H2. The highest BCUT2D eigenvalue weighted by molar-refractivity contribution is 5.17. The van der Waals surface area contributed by atoms with E-state index in [2.05, 4.69) is 5.92 Å². The molecule has 0 aromatic heterocycles. The van der Waals surface area contributed by atoms with Gasteiger partial charge in [0, 0.05) is 12.5 Å². The minimum absolute atomic E-state index is 0.0662. The molecule has 0 spiro atoms. The minimum Gasteiger partial charge on any atom is -0.327 e. The van der Waals surface area contributed by atoms with E-state index < -0.39 is 0 Å². The Balaban J connectivity index is 2.44. The fourth-order valence-electron chi connectivity index (χ4n) is 1.29. The molecule has 1 aromatic rings. The Kier molecular flexibility index (Phi) is 4.15. The number of terminal acetylenes is 1. The molecule has 1 unspecified atom stereocenters. The Morgan fingerprint density at radius 2 is 2.00 bits per heavy atom. The van der Waals surface area contributed by atoms with E-state index in [9.17, 15) is 4.39 Å². The zero-order valence-electron chi connectivity index (χ0n) is 8.04. The molecule has 2 N–H and O–H groups in total. The Bertz CT molecular complexity index is 310. The molecule has 0 saturated heterocycles. The monoisotopic (exact) mass is 191 g/mol. The highest BCUT2D eigenvalue weighted by Gasteiger charge is 2.02. The van der Waals surface area contributed by atoms with Crippen LogP contribution in [0.5, 0.6) is 0 Å². The van der Waals surface area contributed by atoms with Crippen molar-refractivity contribution in [2.24, 2.45) is 5.73 Å². The van der Waals surface area contributed by atoms with Crippen molar-refractivity contribution in [1.82, 2.24) is 0 Å². The molecular formula is C12H14FN. The van der Waals surface area contributed by atoms with Crippen molar-refractivity contribution in [2.45, 2.75) is 25.3 Å². The van der Waals surface area contributed by atoms with Crippen molar-refractivity contribution >= 4 is 0 Å². The molecule has 74 valence electrons. The smallest absolute Gasteiger partial charge is 0.123 e. The van der Waals surface area contributed by atoms with Crippen LogP contribution in [0.1, 0.15) is 18.4 Å². The van der Waals surface area contributed by atoms with Crippen molar-refractivity contribution in [3.63, 3.8) is 0 Å². The van der Waals surface area contributed by atoms with Crippen molar-refractivity contribution in [3.05, 3.63) is 35.6 Å². The maximum Gasteiger partial charge on any atom is 0.123 e. The largest absolute Gasteiger partial charge is 0.327 e. The summed E-state index contributed by atoms with van der Waals surface area (Å²) in [5.41, 5.74) is 6.89. The van der Waals surface area contributed by atoms with E-state index in [1.165, 1.54) is 12.1 Å². The van der Waals surface area contributed by atoms with Crippen molar-refractivity contribution in [3.8, 4) is 12.3 Å². The summed E-state index contributed by atoms with van der Waals surface area (Å²) in [4.78, 5) is 0. The van der Waals surface area contributed by atoms with Gasteiger partial charge in [-0.1, -0.05) is 12.1 Å². The van der Waals surface area contributed by atoms with Crippen LogP contribution in [-0.2, 0) is 6.42 Å². The molecule has 1 atom stereocenters. The van der Waals surface area contributed by atoms with Crippen molar-refractivity contribution in [2.75, 3.05) is 0 Å². The zero-order chi connectivity index (χ0) is 10.4. The second-order valence-corrected chi connectivity index (χ2v) is 3.33. The van der Waals surface area contributed by atoms with Gasteiger partial charge in [0.2, 0.25) is 0 Å². The molecule has 1 aromatic carbocycles. The third-order valence-corrected chi connectivity index (χ3v) is 2.07. The Morgan fingerprint density at radius 1 is 1.36 bits per heavy atom. The number of halogens is 1. The molecule has 0 fully saturated rings. The molecule has 0 amide bonds. The molecule has 14 heavy (non-hydrogen) atoms. The molecule has 1 rings (SSSR count). The third kappa shape index (κ3) is 3.59. The summed E-state index contributed by atoms with van der Waals surface area (Å²) < 4.78 is 12.6. The predicted molar refractivity (Wildman–Crippen MR) is 56.1 cm³/mol. The summed E-state index contributed by atoms with van der Waals surface area (Å²) in [6, 6.07) is 6.47. The molecular weight excluding hydrogens is 177 g/mol. The van der Waals surface area contributed by atoms with Crippen LogP contribution < -0.4 is 5.73 Å². The van der Waals surface area contributed by atoms with Gasteiger partial charge in [0.25, 0.3) is 0 Å². The second-order valence-electron chi connectivity index (χ2n) is 3.33. The van der Waals surface area contributed by atoms with Gasteiger partial charge >= 0.3 is 0 Å². The van der Waals surface area contributed by atoms with Crippen LogP contribution in [0.3, 0.4) is 0 Å². The van der Waals surface area contributed by atoms with E-state index in [0.29, 0.717) is 6.42 Å². The summed E-state index contributed by atoms with van der Waals surface area (Å²) in [6.45, 7) is 0. The fourth-order valence-corrected chi connectivity index (χ4v) is 1.29. The molecule has 0 bridgehead atoms. The van der Waals surface area contributed by atoms with Crippen LogP contribution in [0.2, 0.25) is 0 Å². The summed E-state index contributed by atoms with van der Waals surface area (Å²) in [6.07, 6.45) is 7.40. The highest BCUT2D eigenvalue weighted by Crippen LogP contribution is 2.07. The maximum atomic E-state index is 12.6. The van der Waals surface area contributed by atoms with E-state index in [-0.39, 0.29) is 11.9 Å². The Labute approximate surface area is 84.1 Å². The first-order valence-corrected chi connectivity index (χ1v) is 4.66. The van der Waals surface area contributed by atoms with Crippen molar-refractivity contribution < 1.29 is 4.39 Å². The van der Waals surface area contributed by atoms with Crippen LogP contribution >= 0.6 is 0 Å². The minimum atomic E-state index is -0.217. The van der Waals surface area contributed by atoms with E-state index in [4.69, 9.17) is 12.2 Å². The van der Waals surface area contributed by atoms with E-state index in [0.717, 1.165) is 18.4 Å². The third-order valence-electron chi connectivity index (χ3n) is 2.07. The first-order chi connectivity index (χ1) is 6.72. The zero-order valence-corrected chi connectivity index (χ0v) is 8.04. The quantitative estimate of drug-likeness (QED) is 0.725. The topological polar surface area (TPSA) is 26.0 Å². The molecule has 0 heterocycles. The van der Waals surface area contributed by atoms with Crippen LogP contribution in [0.25, 0.3) is 0 Å². The average Bonchev–Trinajstić information content (AvgIpc) is 2.18. The highest BCUT2D eigenvalue weighted by atomic mass is 19.1. The van der Waals surface area contributed by atoms with Gasteiger partial charge < -0.3 is 5.73 Å². The number of nitrogens with two attached hydrogens (primary N) is 1. The van der Waals surface area contributed by atoms with Gasteiger partial charge in [-0.3, -0.25) is 0 Å². The maximum absolute atomic E-state index is 12.6. The van der Waals surface area contributed by atoms with Crippen LogP contribution in [0.4, 0.5) is 4.39 Å². The normalized spacial score (nSPS) is 12.1. The molecule has 1 nitrogen and oxygen atoms in total. The Hall–Kier alpha value is -1.33. The second kappa shape index (κ2) is 5.41. The number of hydrogen-bond acceptors (Lipinski definition) is 1. The summed E-state index contributed by atoms with van der Waals surface area (Å²) in [7, 11) is 0. The fraction of sp³-hybridized carbons (Fsp3) is 0.333. The lowest BCUT2D eigenvalue weighted by Crippen LogP contribution is -2.22. The van der Waals surface area contributed by atoms with Crippen LogP contribution in [-0.4, -0.2) is 6.04 Å². The summed E-state index contributed by atoms with van der Waals surface area (Å²) >= 11 is 0. The average molecular weight is 191 g/mol. The van der Waals surface area contributed by atoms with Gasteiger partial charge in [0.05, 0.1) is 0 Å². The lowest BCUT2D eigenvalue weighted by Gasteiger charge is -2.09. The molecule has 0 aliphatic rings. The molecule has 0 aliphatic carbocycles. The predicted octanol–water partition coefficient (Wildman–Crippen LogP) is 2.11. The Morgan fingerprint density at radius 3 is 2.57 bits per heavy atom. The van der Waals surface area contributed by atoms with E-state index in [1.807, 2.05) is 0 Å². The molecule has 0 aliphatic heterocycles. The molecule has 2 heteroatoms. The first kappa shape index (κ1) is 10.7.